The van der Waals surface area contributed by atoms with Crippen molar-refractivity contribution in [2.45, 2.75) is 5.92 Å². The molecule has 10 heteroatoms. The highest BCUT2D eigenvalue weighted by Gasteiger charge is 2.43. The second-order valence-electron chi connectivity index (χ2n) is 8.14. The quantitative estimate of drug-likeness (QED) is 0.560. The molecule has 0 saturated heterocycles. The number of hydrogen-bond acceptors (Lipinski definition) is 9. The Labute approximate surface area is 209 Å². The first-order chi connectivity index (χ1) is 17.2. The molecule has 36 heavy (non-hydrogen) atoms. The van der Waals surface area contributed by atoms with Crippen LogP contribution in [-0.4, -0.2) is 57.6 Å². The molecule has 1 amide bonds. The number of ether oxygens (including phenoxy) is 2. The minimum absolute atomic E-state index is 0.0312. The zero-order chi connectivity index (χ0) is 26.4. The highest BCUT2D eigenvalue weighted by atomic mass is 16.5. The summed E-state index contributed by atoms with van der Waals surface area (Å²) in [5.41, 5.74) is 7.37. The molecule has 10 nitrogen and oxygen atoms in total. The van der Waals surface area contributed by atoms with Gasteiger partial charge in [0.1, 0.15) is 11.5 Å². The lowest BCUT2D eigenvalue weighted by Crippen LogP contribution is -2.41. The van der Waals surface area contributed by atoms with E-state index in [1.165, 1.54) is 19.1 Å². The Morgan fingerprint density at radius 3 is 2.22 bits per heavy atom. The number of benzene rings is 2. The van der Waals surface area contributed by atoms with E-state index in [0.29, 0.717) is 11.3 Å². The molecule has 3 N–H and O–H groups in total. The molecule has 1 heterocycles. The Balaban J connectivity index is 2.34. The average molecular weight is 490 g/mol. The van der Waals surface area contributed by atoms with Crippen LogP contribution in [0.15, 0.2) is 77.3 Å². The number of rotatable bonds is 7. The van der Waals surface area contributed by atoms with Crippen molar-refractivity contribution in [2.24, 2.45) is 5.73 Å². The second kappa shape index (κ2) is 11.2. The maximum atomic E-state index is 13.2. The van der Waals surface area contributed by atoms with Crippen molar-refractivity contribution >= 4 is 29.2 Å². The van der Waals surface area contributed by atoms with E-state index < -0.39 is 17.9 Å². The van der Waals surface area contributed by atoms with Crippen LogP contribution in [-0.2, 0) is 23.9 Å². The number of para-hydroxylation sites is 2. The number of anilines is 2. The van der Waals surface area contributed by atoms with E-state index in [9.17, 15) is 19.6 Å². The van der Waals surface area contributed by atoms with Crippen molar-refractivity contribution in [2.75, 3.05) is 45.1 Å². The molecule has 0 aliphatic carbocycles. The minimum Gasteiger partial charge on any atom is -0.466 e. The number of amides is 1. The fraction of sp³-hybridized carbons (Fsp3) is 0.231. The predicted octanol–water partition coefficient (Wildman–Crippen LogP) is 2.08. The highest BCUT2D eigenvalue weighted by molar-refractivity contribution is 6.07. The Kier molecular flexibility index (Phi) is 8.09. The van der Waals surface area contributed by atoms with Gasteiger partial charge in [-0.2, -0.15) is 5.26 Å². The van der Waals surface area contributed by atoms with Gasteiger partial charge in [0.15, 0.2) is 0 Å². The lowest BCUT2D eigenvalue weighted by Gasteiger charge is -2.36. The van der Waals surface area contributed by atoms with E-state index in [4.69, 9.17) is 15.2 Å². The molecule has 0 saturated carbocycles. The molecule has 1 aliphatic rings. The fourth-order valence-corrected chi connectivity index (χ4v) is 4.01. The maximum absolute atomic E-state index is 13.2. The van der Waals surface area contributed by atoms with Crippen molar-refractivity contribution in [1.29, 1.82) is 5.26 Å². The summed E-state index contributed by atoms with van der Waals surface area (Å²) in [6, 6.07) is 17.4. The van der Waals surface area contributed by atoms with Gasteiger partial charge in [0, 0.05) is 0 Å². The van der Waals surface area contributed by atoms with E-state index >= 15 is 0 Å². The summed E-state index contributed by atoms with van der Waals surface area (Å²) in [6.07, 6.45) is 0. The zero-order valence-corrected chi connectivity index (χ0v) is 20.4. The molecule has 1 unspecified atom stereocenters. The monoisotopic (exact) mass is 489 g/mol. The number of carbonyl (C=O) groups is 3. The van der Waals surface area contributed by atoms with Crippen molar-refractivity contribution in [1.82, 2.24) is 4.90 Å². The first kappa shape index (κ1) is 26.0. The zero-order valence-electron chi connectivity index (χ0n) is 20.4. The summed E-state index contributed by atoms with van der Waals surface area (Å²) < 4.78 is 10.1. The van der Waals surface area contributed by atoms with Gasteiger partial charge in [-0.05, 0) is 31.8 Å². The van der Waals surface area contributed by atoms with Crippen LogP contribution in [0.5, 0.6) is 0 Å². The van der Waals surface area contributed by atoms with Crippen LogP contribution in [0.25, 0.3) is 0 Å². The summed E-state index contributed by atoms with van der Waals surface area (Å²) in [7, 11) is 5.85. The van der Waals surface area contributed by atoms with Gasteiger partial charge in [-0.1, -0.05) is 42.5 Å². The second-order valence-corrected chi connectivity index (χ2v) is 8.14. The number of methoxy groups -OCH3 is 2. The third kappa shape index (κ3) is 5.06. The van der Waals surface area contributed by atoms with Gasteiger partial charge in [0.25, 0.3) is 0 Å². The van der Waals surface area contributed by atoms with Gasteiger partial charge < -0.3 is 25.4 Å². The van der Waals surface area contributed by atoms with Crippen molar-refractivity contribution in [3.63, 3.8) is 0 Å². The van der Waals surface area contributed by atoms with Gasteiger partial charge in [-0.15, -0.1) is 0 Å². The average Bonchev–Trinajstić information content (AvgIpc) is 2.87. The molecule has 0 bridgehead atoms. The lowest BCUT2D eigenvalue weighted by molar-refractivity contribution is -0.139. The Bertz CT molecular complexity index is 1280. The number of esters is 2. The predicted molar refractivity (Wildman–Crippen MR) is 133 cm³/mol. The van der Waals surface area contributed by atoms with Gasteiger partial charge in [-0.3, -0.25) is 9.69 Å². The van der Waals surface area contributed by atoms with E-state index in [2.05, 4.69) is 11.4 Å². The molecular formula is C26H27N5O5. The van der Waals surface area contributed by atoms with Crippen molar-refractivity contribution < 1.29 is 23.9 Å². The van der Waals surface area contributed by atoms with Gasteiger partial charge in [0.2, 0.25) is 5.91 Å². The van der Waals surface area contributed by atoms with Gasteiger partial charge in [0.05, 0.1) is 55.3 Å². The molecule has 0 spiro atoms. The SMILES string of the molecule is COC(=O)C1=C(C(=O)OC)N(c2ccccc2NC(=O)CN(C)C)C(N)=C(C#N)C1c1ccccc1. The Hall–Kier alpha value is -4.62. The number of nitriles is 1. The first-order valence-electron chi connectivity index (χ1n) is 10.9. The van der Waals surface area contributed by atoms with Crippen LogP contribution in [0.2, 0.25) is 0 Å². The van der Waals surface area contributed by atoms with E-state index in [1.807, 2.05) is 0 Å². The highest BCUT2D eigenvalue weighted by Crippen LogP contribution is 2.44. The Morgan fingerprint density at radius 1 is 1.03 bits per heavy atom. The number of nitrogens with zero attached hydrogens (tertiary/aromatic N) is 3. The Morgan fingerprint density at radius 2 is 1.64 bits per heavy atom. The summed E-state index contributed by atoms with van der Waals surface area (Å²) in [5, 5.41) is 12.9. The number of likely N-dealkylation sites (N-methyl/N-ethyl adjacent to an activating group) is 1. The lowest BCUT2D eigenvalue weighted by atomic mass is 9.81. The molecule has 0 aromatic heterocycles. The van der Waals surface area contributed by atoms with Crippen LogP contribution in [0, 0.1) is 11.3 Å². The van der Waals surface area contributed by atoms with E-state index in [-0.39, 0.29) is 40.8 Å². The molecule has 2 aromatic carbocycles. The standard InChI is InChI=1S/C26H27N5O5/c1-30(2)15-20(32)29-18-12-8-9-13-19(18)31-23(26(34)36-4)22(25(33)35-3)21(17(14-27)24(31)28)16-10-6-5-7-11-16/h5-13,21H,15,28H2,1-4H3,(H,29,32). The molecule has 2 aromatic rings. The van der Waals surface area contributed by atoms with Crippen LogP contribution < -0.4 is 16.0 Å². The van der Waals surface area contributed by atoms with Crippen LogP contribution in [0.1, 0.15) is 11.5 Å². The molecule has 1 atom stereocenters. The third-order valence-corrected chi connectivity index (χ3v) is 5.49. The summed E-state index contributed by atoms with van der Waals surface area (Å²) in [4.78, 5) is 41.8. The van der Waals surface area contributed by atoms with Crippen LogP contribution >= 0.6 is 0 Å². The smallest absolute Gasteiger partial charge is 0.355 e. The van der Waals surface area contributed by atoms with Crippen molar-refractivity contribution in [3.05, 3.63) is 82.8 Å². The fourth-order valence-electron chi connectivity index (χ4n) is 4.01. The van der Waals surface area contributed by atoms with E-state index in [1.54, 1.807) is 73.6 Å². The third-order valence-electron chi connectivity index (χ3n) is 5.49. The largest absolute Gasteiger partial charge is 0.466 e. The van der Waals surface area contributed by atoms with Crippen LogP contribution in [0.4, 0.5) is 11.4 Å². The molecule has 186 valence electrons. The van der Waals surface area contributed by atoms with Gasteiger partial charge in [-0.25, -0.2) is 9.59 Å². The van der Waals surface area contributed by atoms with Gasteiger partial charge >= 0.3 is 11.9 Å². The molecule has 0 radical (unpaired) electrons. The minimum atomic E-state index is -0.982. The number of nitrogens with one attached hydrogen (secondary N) is 1. The van der Waals surface area contributed by atoms with Crippen LogP contribution in [0.3, 0.4) is 0 Å². The topological polar surface area (TPSA) is 138 Å². The number of nitrogens with two attached hydrogens (primary N) is 1. The number of hydrogen-bond donors (Lipinski definition) is 2. The first-order valence-corrected chi connectivity index (χ1v) is 10.9. The molecular weight excluding hydrogens is 462 g/mol. The number of allylic oxidation sites excluding steroid dienone is 1. The summed E-state index contributed by atoms with van der Waals surface area (Å²) in [5.74, 6) is -3.08. The molecule has 0 fully saturated rings. The van der Waals surface area contributed by atoms with Crippen molar-refractivity contribution in [3.8, 4) is 6.07 Å². The number of carbonyl (C=O) groups excluding carboxylic acids is 3. The molecule has 3 rings (SSSR count). The normalized spacial score (nSPS) is 15.4. The summed E-state index contributed by atoms with van der Waals surface area (Å²) in [6.45, 7) is 0.103. The maximum Gasteiger partial charge on any atom is 0.355 e. The van der Waals surface area contributed by atoms with E-state index in [0.717, 1.165) is 0 Å². The summed E-state index contributed by atoms with van der Waals surface area (Å²) >= 11 is 0. The molecule has 1 aliphatic heterocycles.